The van der Waals surface area contributed by atoms with Gasteiger partial charge in [-0.3, -0.25) is 8.99 Å². The fourth-order valence-corrected chi connectivity index (χ4v) is 4.50. The normalized spacial score (nSPS) is 18.3. The summed E-state index contributed by atoms with van der Waals surface area (Å²) in [7, 11) is -3.70. The van der Waals surface area contributed by atoms with Crippen molar-refractivity contribution in [3.05, 3.63) is 42.0 Å². The van der Waals surface area contributed by atoms with E-state index in [4.69, 9.17) is 0 Å². The summed E-state index contributed by atoms with van der Waals surface area (Å²) in [6, 6.07) is 4.09. The van der Waals surface area contributed by atoms with Crippen molar-refractivity contribution in [1.29, 1.82) is 0 Å². The number of aromatic nitrogens is 2. The van der Waals surface area contributed by atoms with Crippen LogP contribution in [0.5, 0.6) is 0 Å². The van der Waals surface area contributed by atoms with Gasteiger partial charge in [0.1, 0.15) is 10.7 Å². The van der Waals surface area contributed by atoms with Gasteiger partial charge in [-0.15, -0.1) is 0 Å². The summed E-state index contributed by atoms with van der Waals surface area (Å²) in [5, 5.41) is 4.04. The number of hydrogen-bond acceptors (Lipinski definition) is 3. The molecule has 7 heteroatoms. The van der Waals surface area contributed by atoms with Gasteiger partial charge in [0.05, 0.1) is 11.9 Å². The Morgan fingerprint density at radius 2 is 2.18 bits per heavy atom. The van der Waals surface area contributed by atoms with Crippen LogP contribution < -0.4 is 4.31 Å². The van der Waals surface area contributed by atoms with Gasteiger partial charge < -0.3 is 0 Å². The van der Waals surface area contributed by atoms with Crippen molar-refractivity contribution in [3.8, 4) is 0 Å². The first-order chi connectivity index (χ1) is 10.4. The molecule has 0 saturated heterocycles. The zero-order valence-corrected chi connectivity index (χ0v) is 13.3. The molecule has 2 heterocycles. The van der Waals surface area contributed by atoms with Crippen molar-refractivity contribution in [3.63, 3.8) is 0 Å². The van der Waals surface area contributed by atoms with E-state index in [-0.39, 0.29) is 16.8 Å². The molecule has 0 radical (unpaired) electrons. The Kier molecular flexibility index (Phi) is 3.68. The number of fused-ring (bicyclic) bond motifs is 1. The molecule has 0 aliphatic carbocycles. The van der Waals surface area contributed by atoms with Crippen molar-refractivity contribution in [2.75, 3.05) is 4.31 Å². The molecule has 0 N–H and O–H groups in total. The molecule has 0 fully saturated rings. The van der Waals surface area contributed by atoms with Gasteiger partial charge in [-0.2, -0.15) is 5.10 Å². The number of anilines is 1. The third-order valence-electron chi connectivity index (χ3n) is 4.00. The third-order valence-corrected chi connectivity index (χ3v) is 5.88. The first kappa shape index (κ1) is 15.0. The van der Waals surface area contributed by atoms with Crippen LogP contribution in [0, 0.1) is 5.82 Å². The second-order valence-corrected chi connectivity index (χ2v) is 7.31. The first-order valence-corrected chi connectivity index (χ1v) is 8.73. The third kappa shape index (κ3) is 2.39. The van der Waals surface area contributed by atoms with Crippen LogP contribution in [0.2, 0.25) is 0 Å². The smallest absolute Gasteiger partial charge is 0.267 e. The maximum Gasteiger partial charge on any atom is 0.267 e. The van der Waals surface area contributed by atoms with Gasteiger partial charge in [0, 0.05) is 18.8 Å². The summed E-state index contributed by atoms with van der Waals surface area (Å²) in [4.78, 5) is 0.165. The summed E-state index contributed by atoms with van der Waals surface area (Å²) in [6.07, 6.45) is 4.23. The molecule has 118 valence electrons. The highest BCUT2D eigenvalue weighted by molar-refractivity contribution is 7.92. The Labute approximate surface area is 129 Å². The van der Waals surface area contributed by atoms with Crippen LogP contribution >= 0.6 is 0 Å². The number of halogens is 1. The number of sulfonamides is 1. The number of nitrogens with zero attached hydrogens (tertiary/aromatic N) is 3. The lowest BCUT2D eigenvalue weighted by Crippen LogP contribution is -2.42. The lowest BCUT2D eigenvalue weighted by atomic mass is 9.99. The van der Waals surface area contributed by atoms with E-state index in [9.17, 15) is 12.8 Å². The minimum absolute atomic E-state index is 0.165. The Bertz CT molecular complexity index is 801. The van der Waals surface area contributed by atoms with Crippen molar-refractivity contribution in [2.45, 2.75) is 44.2 Å². The Morgan fingerprint density at radius 1 is 1.41 bits per heavy atom. The molecule has 1 aromatic heterocycles. The summed E-state index contributed by atoms with van der Waals surface area (Å²) >= 11 is 0. The fraction of sp³-hybridized carbons (Fsp3) is 0.400. The molecule has 1 aliphatic rings. The fourth-order valence-electron chi connectivity index (χ4n) is 2.82. The van der Waals surface area contributed by atoms with E-state index < -0.39 is 10.0 Å². The van der Waals surface area contributed by atoms with Gasteiger partial charge in [0.25, 0.3) is 10.0 Å². The largest absolute Gasteiger partial charge is 0.272 e. The molecule has 2 aromatic rings. The molecule has 0 saturated carbocycles. The van der Waals surface area contributed by atoms with Crippen molar-refractivity contribution in [2.24, 2.45) is 0 Å². The van der Waals surface area contributed by atoms with Gasteiger partial charge in [-0.1, -0.05) is 0 Å². The zero-order chi connectivity index (χ0) is 15.9. The van der Waals surface area contributed by atoms with Crippen molar-refractivity contribution >= 4 is 15.7 Å². The second kappa shape index (κ2) is 5.39. The van der Waals surface area contributed by atoms with Crippen molar-refractivity contribution < 1.29 is 12.8 Å². The monoisotopic (exact) mass is 323 g/mol. The molecule has 5 nitrogen and oxygen atoms in total. The van der Waals surface area contributed by atoms with Gasteiger partial charge in [-0.25, -0.2) is 12.8 Å². The van der Waals surface area contributed by atoms with Gasteiger partial charge >= 0.3 is 0 Å². The van der Waals surface area contributed by atoms with Crippen LogP contribution in [-0.2, 0) is 23.0 Å². The van der Waals surface area contributed by atoms with Crippen molar-refractivity contribution in [1.82, 2.24) is 9.78 Å². The zero-order valence-electron chi connectivity index (χ0n) is 12.5. The SMILES string of the molecule is CCn1cc(S(=O)(=O)N2c3ccc(F)cc3CCC2C)cn1. The molecular weight excluding hydrogens is 305 g/mol. The molecule has 0 spiro atoms. The average Bonchev–Trinajstić information content (AvgIpc) is 2.97. The van der Waals surface area contributed by atoms with Crippen LogP contribution in [0.1, 0.15) is 25.8 Å². The molecule has 0 amide bonds. The van der Waals surface area contributed by atoms with Gasteiger partial charge in [0.15, 0.2) is 0 Å². The topological polar surface area (TPSA) is 55.2 Å². The highest BCUT2D eigenvalue weighted by Crippen LogP contribution is 2.35. The van der Waals surface area contributed by atoms with Crippen LogP contribution in [-0.4, -0.2) is 24.2 Å². The van der Waals surface area contributed by atoms with E-state index in [2.05, 4.69) is 5.10 Å². The Morgan fingerprint density at radius 3 is 2.86 bits per heavy atom. The summed E-state index contributed by atoms with van der Waals surface area (Å²) in [6.45, 7) is 4.37. The average molecular weight is 323 g/mol. The quantitative estimate of drug-likeness (QED) is 0.872. The molecule has 0 bridgehead atoms. The summed E-state index contributed by atoms with van der Waals surface area (Å²) < 4.78 is 42.3. The maximum absolute atomic E-state index is 13.4. The number of aryl methyl sites for hydroxylation is 2. The molecule has 1 aromatic carbocycles. The highest BCUT2D eigenvalue weighted by Gasteiger charge is 2.34. The van der Waals surface area contributed by atoms with Crippen LogP contribution in [0.25, 0.3) is 0 Å². The van der Waals surface area contributed by atoms with E-state index in [0.29, 0.717) is 25.1 Å². The lowest BCUT2D eigenvalue weighted by Gasteiger charge is -2.35. The van der Waals surface area contributed by atoms with E-state index in [0.717, 1.165) is 5.56 Å². The summed E-state index contributed by atoms with van der Waals surface area (Å²) in [5.41, 5.74) is 1.29. The van der Waals surface area contributed by atoms with E-state index in [1.807, 2.05) is 13.8 Å². The molecule has 1 atom stereocenters. The summed E-state index contributed by atoms with van der Waals surface area (Å²) in [5.74, 6) is -0.343. The predicted molar refractivity (Wildman–Crippen MR) is 81.7 cm³/mol. The Balaban J connectivity index is 2.10. The van der Waals surface area contributed by atoms with Crippen LogP contribution in [0.15, 0.2) is 35.5 Å². The first-order valence-electron chi connectivity index (χ1n) is 7.29. The molecule has 22 heavy (non-hydrogen) atoms. The van der Waals surface area contributed by atoms with Crippen LogP contribution in [0.3, 0.4) is 0 Å². The number of benzene rings is 1. The maximum atomic E-state index is 13.4. The number of hydrogen-bond donors (Lipinski definition) is 0. The Hall–Kier alpha value is -1.89. The predicted octanol–water partition coefficient (Wildman–Crippen LogP) is 2.57. The lowest BCUT2D eigenvalue weighted by molar-refractivity contribution is 0.560. The van der Waals surface area contributed by atoms with Gasteiger partial charge in [0.2, 0.25) is 0 Å². The second-order valence-electron chi connectivity index (χ2n) is 5.49. The van der Waals surface area contributed by atoms with Crippen LogP contribution in [0.4, 0.5) is 10.1 Å². The number of rotatable bonds is 3. The minimum atomic E-state index is -3.70. The van der Waals surface area contributed by atoms with E-state index >= 15 is 0 Å². The molecular formula is C15H18FN3O2S. The molecule has 1 aliphatic heterocycles. The standard InChI is InChI=1S/C15H18FN3O2S/c1-3-18-10-14(9-17-18)22(20,21)19-11(2)4-5-12-8-13(16)6-7-15(12)19/h6-11H,3-5H2,1-2H3. The van der Waals surface area contributed by atoms with Gasteiger partial charge in [-0.05, 0) is 50.5 Å². The van der Waals surface area contributed by atoms with E-state index in [1.54, 1.807) is 10.7 Å². The molecule has 1 unspecified atom stereocenters. The molecule has 3 rings (SSSR count). The highest BCUT2D eigenvalue weighted by atomic mass is 32.2. The minimum Gasteiger partial charge on any atom is -0.272 e. The van der Waals surface area contributed by atoms with E-state index in [1.165, 1.54) is 28.8 Å².